The average Bonchev–Trinajstić information content (AvgIpc) is 2.83. The summed E-state index contributed by atoms with van der Waals surface area (Å²) in [6.07, 6.45) is 1.95. The van der Waals surface area contributed by atoms with Crippen LogP contribution in [0.1, 0.15) is 19.3 Å². The van der Waals surface area contributed by atoms with E-state index in [9.17, 15) is 14.4 Å². The zero-order chi connectivity index (χ0) is 14.4. The zero-order valence-corrected chi connectivity index (χ0v) is 11.3. The fraction of sp³-hybridized carbons (Fsp3) is 0.750. The van der Waals surface area contributed by atoms with Crippen molar-refractivity contribution < 1.29 is 19.5 Å². The van der Waals surface area contributed by atoms with E-state index in [0.29, 0.717) is 25.9 Å². The van der Waals surface area contributed by atoms with E-state index in [2.05, 4.69) is 10.6 Å². The summed E-state index contributed by atoms with van der Waals surface area (Å²) >= 11 is 0. The number of carboxylic acids is 1. The first-order valence-corrected chi connectivity index (χ1v) is 6.39. The summed E-state index contributed by atoms with van der Waals surface area (Å²) in [7, 11) is 3.26. The summed E-state index contributed by atoms with van der Waals surface area (Å²) in [6, 6.07) is -0.224. The first-order valence-electron chi connectivity index (χ1n) is 6.39. The summed E-state index contributed by atoms with van der Waals surface area (Å²) < 4.78 is 0. The van der Waals surface area contributed by atoms with Crippen molar-refractivity contribution in [1.82, 2.24) is 15.5 Å². The molecular weight excluding hydrogens is 250 g/mol. The molecule has 0 spiro atoms. The number of nitrogens with one attached hydrogen (secondary N) is 2. The maximum absolute atomic E-state index is 11.8. The largest absolute Gasteiger partial charge is 0.481 e. The van der Waals surface area contributed by atoms with E-state index < -0.39 is 17.8 Å². The molecule has 1 aliphatic rings. The van der Waals surface area contributed by atoms with Crippen molar-refractivity contribution in [3.8, 4) is 0 Å². The number of rotatable bonds is 5. The Morgan fingerprint density at radius 2 is 1.68 bits per heavy atom. The van der Waals surface area contributed by atoms with Gasteiger partial charge < -0.3 is 20.6 Å². The van der Waals surface area contributed by atoms with Gasteiger partial charge in [0, 0.05) is 27.2 Å². The molecule has 0 unspecified atom stereocenters. The van der Waals surface area contributed by atoms with Crippen LogP contribution in [0, 0.1) is 11.8 Å². The minimum atomic E-state index is -0.904. The van der Waals surface area contributed by atoms with Crippen LogP contribution in [0.15, 0.2) is 0 Å². The van der Waals surface area contributed by atoms with E-state index in [-0.39, 0.29) is 11.9 Å². The van der Waals surface area contributed by atoms with Crippen molar-refractivity contribution in [3.05, 3.63) is 0 Å². The van der Waals surface area contributed by atoms with Crippen LogP contribution < -0.4 is 10.6 Å². The Kier molecular flexibility index (Phi) is 5.59. The van der Waals surface area contributed by atoms with Gasteiger partial charge in [0.05, 0.1) is 11.8 Å². The van der Waals surface area contributed by atoms with Crippen molar-refractivity contribution in [3.63, 3.8) is 0 Å². The first-order chi connectivity index (χ1) is 8.93. The van der Waals surface area contributed by atoms with Gasteiger partial charge in [0.2, 0.25) is 5.91 Å². The number of aliphatic carboxylic acids is 1. The molecule has 0 saturated heterocycles. The fourth-order valence-corrected chi connectivity index (χ4v) is 2.21. The molecular formula is C12H21N3O4. The lowest BCUT2D eigenvalue weighted by Gasteiger charge is -2.16. The Morgan fingerprint density at radius 1 is 1.11 bits per heavy atom. The monoisotopic (exact) mass is 271 g/mol. The van der Waals surface area contributed by atoms with Crippen LogP contribution in [-0.2, 0) is 9.59 Å². The molecule has 0 aromatic carbocycles. The second kappa shape index (κ2) is 6.96. The van der Waals surface area contributed by atoms with Gasteiger partial charge in [-0.2, -0.15) is 0 Å². The van der Waals surface area contributed by atoms with E-state index in [1.807, 2.05) is 0 Å². The van der Waals surface area contributed by atoms with Gasteiger partial charge in [-0.25, -0.2) is 4.79 Å². The normalized spacial score (nSPS) is 21.8. The predicted molar refractivity (Wildman–Crippen MR) is 68.6 cm³/mol. The van der Waals surface area contributed by atoms with E-state index in [4.69, 9.17) is 5.11 Å². The fourth-order valence-electron chi connectivity index (χ4n) is 2.21. The van der Waals surface area contributed by atoms with Gasteiger partial charge in [0.15, 0.2) is 0 Å². The first kappa shape index (κ1) is 15.3. The molecule has 1 rings (SSSR count). The Morgan fingerprint density at radius 3 is 2.26 bits per heavy atom. The molecule has 1 saturated carbocycles. The average molecular weight is 271 g/mol. The second-order valence-corrected chi connectivity index (χ2v) is 4.90. The third-order valence-corrected chi connectivity index (χ3v) is 3.28. The van der Waals surface area contributed by atoms with E-state index in [0.717, 1.165) is 6.42 Å². The van der Waals surface area contributed by atoms with Gasteiger partial charge in [-0.1, -0.05) is 6.42 Å². The molecule has 3 N–H and O–H groups in total. The van der Waals surface area contributed by atoms with Gasteiger partial charge in [-0.3, -0.25) is 9.59 Å². The van der Waals surface area contributed by atoms with Crippen molar-refractivity contribution in [2.75, 3.05) is 27.2 Å². The summed E-state index contributed by atoms with van der Waals surface area (Å²) in [5, 5.41) is 14.3. The quantitative estimate of drug-likeness (QED) is 0.607. The van der Waals surface area contributed by atoms with Gasteiger partial charge in [0.1, 0.15) is 0 Å². The van der Waals surface area contributed by atoms with Crippen molar-refractivity contribution in [2.45, 2.75) is 19.3 Å². The molecule has 0 heterocycles. The molecule has 0 radical (unpaired) electrons. The zero-order valence-electron chi connectivity index (χ0n) is 11.3. The summed E-state index contributed by atoms with van der Waals surface area (Å²) in [4.78, 5) is 35.4. The number of carbonyl (C=O) groups is 3. The Labute approximate surface area is 112 Å². The molecule has 1 aliphatic carbocycles. The van der Waals surface area contributed by atoms with Crippen molar-refractivity contribution in [1.29, 1.82) is 0 Å². The summed E-state index contributed by atoms with van der Waals surface area (Å²) in [5.41, 5.74) is 0. The highest BCUT2D eigenvalue weighted by molar-refractivity contribution is 5.85. The lowest BCUT2D eigenvalue weighted by atomic mass is 9.95. The molecule has 0 bridgehead atoms. The topological polar surface area (TPSA) is 98.7 Å². The number of carboxylic acid groups (broad SMARTS) is 1. The van der Waals surface area contributed by atoms with Crippen LogP contribution in [0.2, 0.25) is 0 Å². The number of amides is 3. The molecule has 0 aromatic heterocycles. The highest BCUT2D eigenvalue weighted by Gasteiger charge is 2.37. The third-order valence-electron chi connectivity index (χ3n) is 3.28. The maximum Gasteiger partial charge on any atom is 0.316 e. The highest BCUT2D eigenvalue weighted by atomic mass is 16.4. The molecule has 19 heavy (non-hydrogen) atoms. The van der Waals surface area contributed by atoms with Crippen LogP contribution in [0.4, 0.5) is 4.79 Å². The van der Waals surface area contributed by atoms with Gasteiger partial charge >= 0.3 is 12.0 Å². The van der Waals surface area contributed by atoms with Gasteiger partial charge in [-0.15, -0.1) is 0 Å². The highest BCUT2D eigenvalue weighted by Crippen LogP contribution is 2.31. The summed E-state index contributed by atoms with van der Waals surface area (Å²) in [5.74, 6) is -2.15. The molecule has 1 fully saturated rings. The lowest BCUT2D eigenvalue weighted by Crippen LogP contribution is -2.42. The van der Waals surface area contributed by atoms with E-state index >= 15 is 0 Å². The Bertz CT molecular complexity index is 357. The van der Waals surface area contributed by atoms with Crippen LogP contribution in [0.5, 0.6) is 0 Å². The minimum Gasteiger partial charge on any atom is -0.481 e. The maximum atomic E-state index is 11.8. The van der Waals surface area contributed by atoms with E-state index in [1.165, 1.54) is 4.90 Å². The minimum absolute atomic E-state index is 0.224. The van der Waals surface area contributed by atoms with Crippen LogP contribution >= 0.6 is 0 Å². The third kappa shape index (κ3) is 4.42. The number of hydrogen-bond donors (Lipinski definition) is 3. The number of hydrogen-bond acceptors (Lipinski definition) is 3. The van der Waals surface area contributed by atoms with E-state index in [1.54, 1.807) is 14.1 Å². The summed E-state index contributed by atoms with van der Waals surface area (Å²) in [6.45, 7) is 0.633. The molecule has 7 nitrogen and oxygen atoms in total. The molecule has 3 amide bonds. The predicted octanol–water partition coefficient (Wildman–Crippen LogP) is -0.125. The molecule has 7 heteroatoms. The molecule has 2 atom stereocenters. The Hall–Kier alpha value is -1.79. The number of carbonyl (C=O) groups excluding carboxylic acids is 2. The van der Waals surface area contributed by atoms with Crippen LogP contribution in [-0.4, -0.2) is 55.1 Å². The molecule has 0 aliphatic heterocycles. The smallest absolute Gasteiger partial charge is 0.316 e. The second-order valence-electron chi connectivity index (χ2n) is 4.90. The molecule has 108 valence electrons. The number of nitrogens with zero attached hydrogens (tertiary/aromatic N) is 1. The van der Waals surface area contributed by atoms with Gasteiger partial charge in [-0.05, 0) is 12.8 Å². The van der Waals surface area contributed by atoms with Crippen LogP contribution in [0.25, 0.3) is 0 Å². The Balaban J connectivity index is 2.28. The molecule has 0 aromatic rings. The van der Waals surface area contributed by atoms with Crippen molar-refractivity contribution >= 4 is 17.9 Å². The number of urea groups is 1. The standard InChI is InChI=1S/C12H21N3O4/c1-15(2)12(19)14-7-6-13-10(16)8-4-3-5-9(8)11(17)18/h8-9H,3-7H2,1-2H3,(H,13,16)(H,14,19)(H,17,18)/t8-,9+/m1/s1. The van der Waals surface area contributed by atoms with Crippen LogP contribution in [0.3, 0.4) is 0 Å². The SMILES string of the molecule is CN(C)C(=O)NCCNC(=O)[C@@H]1CCC[C@@H]1C(=O)O. The van der Waals surface area contributed by atoms with Crippen molar-refractivity contribution in [2.24, 2.45) is 11.8 Å². The lowest BCUT2D eigenvalue weighted by molar-refractivity contribution is -0.146. The van der Waals surface area contributed by atoms with Gasteiger partial charge in [0.25, 0.3) is 0 Å².